The zero-order valence-electron chi connectivity index (χ0n) is 20.2. The van der Waals surface area contributed by atoms with Crippen molar-refractivity contribution in [2.24, 2.45) is 5.92 Å². The van der Waals surface area contributed by atoms with Crippen molar-refractivity contribution >= 4 is 0 Å². The number of aliphatic hydroxyl groups excluding tert-OH is 2. The first-order valence-electron chi connectivity index (χ1n) is 12.2. The number of rotatable bonds is 9. The molecule has 0 spiro atoms. The average molecular weight is 473 g/mol. The zero-order chi connectivity index (χ0) is 25.0. The molecule has 0 radical (unpaired) electrons. The fourth-order valence-electron chi connectivity index (χ4n) is 5.13. The molecule has 1 aliphatic carbocycles. The molecule has 0 saturated heterocycles. The van der Waals surface area contributed by atoms with Crippen LogP contribution in [0, 0.1) is 23.8 Å². The number of aliphatic hydroxyl groups is 2. The summed E-state index contributed by atoms with van der Waals surface area (Å²) in [7, 11) is 0. The predicted molar refractivity (Wildman–Crippen MR) is 133 cm³/mol. The topological polar surface area (TPSA) is 87.1 Å². The fraction of sp³-hybridized carbons (Fsp3) is 0.448. The van der Waals surface area contributed by atoms with Crippen LogP contribution in [0.5, 0.6) is 11.5 Å². The number of hydrogen-bond donors (Lipinski definition) is 2. The lowest BCUT2D eigenvalue weighted by molar-refractivity contribution is -0.00221. The van der Waals surface area contributed by atoms with Gasteiger partial charge in [-0.15, -0.1) is 0 Å². The first kappa shape index (κ1) is 24.8. The molecule has 2 N–H and O–H groups in total. The second kappa shape index (κ2) is 10.5. The third kappa shape index (κ3) is 5.35. The first-order valence-corrected chi connectivity index (χ1v) is 12.2. The predicted octanol–water partition coefficient (Wildman–Crippen LogP) is 4.82. The van der Waals surface area contributed by atoms with Gasteiger partial charge in [-0.2, -0.15) is 5.26 Å². The Labute approximate surface area is 207 Å². The monoisotopic (exact) mass is 472 g/mol. The number of nitrogens with zero attached hydrogens (tertiary/aromatic N) is 2. The highest BCUT2D eigenvalue weighted by molar-refractivity contribution is 5.49. The maximum atomic E-state index is 10.9. The summed E-state index contributed by atoms with van der Waals surface area (Å²) >= 11 is 0. The van der Waals surface area contributed by atoms with E-state index >= 15 is 0 Å². The van der Waals surface area contributed by atoms with Gasteiger partial charge in [0.1, 0.15) is 29.3 Å². The van der Waals surface area contributed by atoms with Crippen LogP contribution in [0.2, 0.25) is 0 Å². The standard InChI is InChI=1S/C29H32N2O4/c1-29(2,35-21-12-5-4-6-13-21)26(33)16-15-22-24(32)17-25-27(22)23-14-8-10-19(28(23)34-25)9-7-11-20(18-30)31-3/h4-6,8,10,12-16,20,22,24-27,32-33H,7,9,11,17H2,1-2H3/b16-15+/t20?,22-,24+,25-,26+,27-/m0/s1. The van der Waals surface area contributed by atoms with Gasteiger partial charge in [0.2, 0.25) is 0 Å². The second-order valence-electron chi connectivity index (χ2n) is 9.91. The minimum Gasteiger partial charge on any atom is -0.489 e. The van der Waals surface area contributed by atoms with E-state index in [-0.39, 0.29) is 17.9 Å². The van der Waals surface area contributed by atoms with Gasteiger partial charge in [0.05, 0.1) is 6.10 Å². The molecule has 1 aliphatic heterocycles. The highest BCUT2D eigenvalue weighted by Crippen LogP contribution is 2.52. The maximum absolute atomic E-state index is 10.9. The van der Waals surface area contributed by atoms with E-state index in [0.29, 0.717) is 18.6 Å². The van der Waals surface area contributed by atoms with E-state index in [1.165, 1.54) is 0 Å². The summed E-state index contributed by atoms with van der Waals surface area (Å²) in [5, 5.41) is 30.7. The molecule has 2 aromatic rings. The van der Waals surface area contributed by atoms with E-state index in [1.807, 2.05) is 68.5 Å². The number of ether oxygens (including phenoxy) is 2. The molecule has 6 atom stereocenters. The van der Waals surface area contributed by atoms with E-state index in [9.17, 15) is 10.2 Å². The minimum absolute atomic E-state index is 0.0108. The normalized spacial score (nSPS) is 24.6. The summed E-state index contributed by atoms with van der Waals surface area (Å²) < 4.78 is 12.3. The number of para-hydroxylation sites is 2. The third-order valence-electron chi connectivity index (χ3n) is 7.07. The van der Waals surface area contributed by atoms with Crippen LogP contribution in [0.4, 0.5) is 0 Å². The summed E-state index contributed by atoms with van der Waals surface area (Å²) in [5.74, 6) is 1.40. The van der Waals surface area contributed by atoms with Crippen molar-refractivity contribution in [3.63, 3.8) is 0 Å². The SMILES string of the molecule is [C-]#[N+]C(C#N)CCCc1cccc2c1O[C@H]1C[C@@H](O)[C@H](/C=C/[C@@H](O)C(C)(C)Oc3ccccc3)[C@@H]21. The van der Waals surface area contributed by atoms with Gasteiger partial charge in [-0.05, 0) is 44.4 Å². The Morgan fingerprint density at radius 3 is 2.74 bits per heavy atom. The Morgan fingerprint density at radius 1 is 1.26 bits per heavy atom. The van der Waals surface area contributed by atoms with Crippen LogP contribution >= 0.6 is 0 Å². The number of nitriles is 1. The van der Waals surface area contributed by atoms with E-state index < -0.39 is 23.9 Å². The second-order valence-corrected chi connectivity index (χ2v) is 9.91. The van der Waals surface area contributed by atoms with Gasteiger partial charge in [0.15, 0.2) is 6.07 Å². The lowest BCUT2D eigenvalue weighted by atomic mass is 9.86. The van der Waals surface area contributed by atoms with Crippen molar-refractivity contribution in [3.05, 3.63) is 83.2 Å². The van der Waals surface area contributed by atoms with Gasteiger partial charge < -0.3 is 19.7 Å². The van der Waals surface area contributed by atoms with Crippen LogP contribution in [0.1, 0.15) is 50.2 Å². The molecule has 35 heavy (non-hydrogen) atoms. The van der Waals surface area contributed by atoms with Crippen molar-refractivity contribution < 1.29 is 19.7 Å². The number of aryl methyl sites for hydroxylation is 1. The Morgan fingerprint density at radius 2 is 2.03 bits per heavy atom. The van der Waals surface area contributed by atoms with Crippen LogP contribution < -0.4 is 9.47 Å². The molecule has 1 heterocycles. The Hall–Kier alpha value is -3.32. The highest BCUT2D eigenvalue weighted by Gasteiger charge is 2.49. The van der Waals surface area contributed by atoms with Crippen LogP contribution in [0.3, 0.4) is 0 Å². The first-order chi connectivity index (χ1) is 16.8. The molecule has 1 fully saturated rings. The zero-order valence-corrected chi connectivity index (χ0v) is 20.2. The highest BCUT2D eigenvalue weighted by atomic mass is 16.5. The van der Waals surface area contributed by atoms with Crippen molar-refractivity contribution in [1.82, 2.24) is 0 Å². The maximum Gasteiger partial charge on any atom is 0.307 e. The van der Waals surface area contributed by atoms with Gasteiger partial charge in [0.25, 0.3) is 0 Å². The lowest BCUT2D eigenvalue weighted by Gasteiger charge is -2.30. The lowest BCUT2D eigenvalue weighted by Crippen LogP contribution is -2.41. The van der Waals surface area contributed by atoms with Crippen molar-refractivity contribution in [1.29, 1.82) is 5.26 Å². The molecule has 2 aliphatic rings. The van der Waals surface area contributed by atoms with E-state index in [2.05, 4.69) is 10.9 Å². The summed E-state index contributed by atoms with van der Waals surface area (Å²) in [6, 6.07) is 16.9. The van der Waals surface area contributed by atoms with Crippen LogP contribution in [0.15, 0.2) is 60.7 Å². The van der Waals surface area contributed by atoms with E-state index in [0.717, 1.165) is 29.7 Å². The van der Waals surface area contributed by atoms with E-state index in [4.69, 9.17) is 21.3 Å². The van der Waals surface area contributed by atoms with Gasteiger partial charge in [-0.1, -0.05) is 48.6 Å². The van der Waals surface area contributed by atoms with Gasteiger partial charge in [-0.25, -0.2) is 6.57 Å². The van der Waals surface area contributed by atoms with Gasteiger partial charge in [0, 0.05) is 30.2 Å². The van der Waals surface area contributed by atoms with Crippen molar-refractivity contribution in [3.8, 4) is 17.6 Å². The quantitative estimate of drug-likeness (QED) is 0.404. The van der Waals surface area contributed by atoms with E-state index in [1.54, 1.807) is 6.08 Å². The summed E-state index contributed by atoms with van der Waals surface area (Å²) in [6.45, 7) is 10.8. The molecule has 1 saturated carbocycles. The largest absolute Gasteiger partial charge is 0.489 e. The van der Waals surface area contributed by atoms with Crippen molar-refractivity contribution in [2.75, 3.05) is 0 Å². The summed E-state index contributed by atoms with van der Waals surface area (Å²) in [4.78, 5) is 3.34. The summed E-state index contributed by atoms with van der Waals surface area (Å²) in [5.41, 5.74) is 1.31. The molecule has 0 aromatic heterocycles. The Kier molecular flexibility index (Phi) is 7.45. The molecule has 6 heteroatoms. The number of benzene rings is 2. The molecule has 2 aromatic carbocycles. The third-order valence-corrected chi connectivity index (χ3v) is 7.07. The Bertz CT molecular complexity index is 1120. The smallest absolute Gasteiger partial charge is 0.307 e. The van der Waals surface area contributed by atoms with Crippen LogP contribution in [-0.4, -0.2) is 40.2 Å². The number of fused-ring (bicyclic) bond motifs is 3. The van der Waals surface area contributed by atoms with Crippen LogP contribution in [-0.2, 0) is 6.42 Å². The fourth-order valence-corrected chi connectivity index (χ4v) is 5.13. The minimum atomic E-state index is -0.863. The average Bonchev–Trinajstić information content (AvgIpc) is 3.35. The molecule has 4 rings (SSSR count). The van der Waals surface area contributed by atoms with Crippen LogP contribution in [0.25, 0.3) is 4.85 Å². The molecular formula is C29H32N2O4. The molecule has 0 amide bonds. The van der Waals surface area contributed by atoms with Crippen molar-refractivity contribution in [2.45, 2.75) is 75.4 Å². The van der Waals surface area contributed by atoms with Gasteiger partial charge >= 0.3 is 6.04 Å². The Balaban J connectivity index is 1.47. The van der Waals surface area contributed by atoms with Gasteiger partial charge in [-0.3, -0.25) is 4.85 Å². The molecule has 1 unspecified atom stereocenters. The molecule has 0 bridgehead atoms. The molecular weight excluding hydrogens is 440 g/mol. The number of hydrogen-bond acceptors (Lipinski definition) is 5. The summed E-state index contributed by atoms with van der Waals surface area (Å²) in [6.07, 6.45) is 4.66. The molecule has 182 valence electrons. The molecule has 6 nitrogen and oxygen atoms in total.